The van der Waals surface area contributed by atoms with Gasteiger partial charge in [0.15, 0.2) is 5.78 Å². The van der Waals surface area contributed by atoms with Crippen molar-refractivity contribution in [2.45, 2.75) is 20.3 Å². The fraction of sp³-hybridized carbons (Fsp3) is 0.583. The molecule has 0 N–H and O–H groups in total. The van der Waals surface area contributed by atoms with Gasteiger partial charge in [0, 0.05) is 20.3 Å². The number of rotatable bonds is 7. The quantitative estimate of drug-likeness (QED) is 0.286. The molecule has 0 radical (unpaired) electrons. The highest BCUT2D eigenvalue weighted by molar-refractivity contribution is 6.20. The second-order valence-corrected chi connectivity index (χ2v) is 3.63. The minimum Gasteiger partial charge on any atom is -0.466 e. The van der Waals surface area contributed by atoms with E-state index in [1.807, 2.05) is 0 Å². The van der Waals surface area contributed by atoms with Crippen molar-refractivity contribution >= 4 is 17.7 Å². The minimum absolute atomic E-state index is 0.157. The van der Waals surface area contributed by atoms with Crippen LogP contribution >= 0.6 is 0 Å². The van der Waals surface area contributed by atoms with E-state index in [0.29, 0.717) is 0 Å². The first kappa shape index (κ1) is 16.1. The molecule has 0 amide bonds. The number of esters is 2. The first-order valence-corrected chi connectivity index (χ1v) is 5.66. The lowest BCUT2D eigenvalue weighted by Crippen LogP contribution is -2.22. The van der Waals surface area contributed by atoms with E-state index >= 15 is 0 Å². The van der Waals surface area contributed by atoms with Gasteiger partial charge in [0.25, 0.3) is 0 Å². The second-order valence-electron chi connectivity index (χ2n) is 3.63. The van der Waals surface area contributed by atoms with Gasteiger partial charge in [-0.05, 0) is 13.8 Å². The Balaban J connectivity index is 4.82. The molecule has 0 aliphatic heterocycles. The molecule has 0 aromatic heterocycles. The molecule has 0 spiro atoms. The normalized spacial score (nSPS) is 10.8. The van der Waals surface area contributed by atoms with Gasteiger partial charge in [-0.1, -0.05) is 0 Å². The van der Waals surface area contributed by atoms with Crippen LogP contribution in [0.5, 0.6) is 0 Å². The standard InChI is InChI=1S/C12H19NO5/c1-5-17-11(15)7-10(14)9(8-13(3)4)12(16)18-6-2/h8H,5-7H2,1-4H3/b9-8+. The number of hydrogen-bond acceptors (Lipinski definition) is 6. The Kier molecular flexibility index (Phi) is 7.42. The molecular formula is C12H19NO5. The number of hydrogen-bond donors (Lipinski definition) is 0. The predicted octanol–water partition coefficient (Wildman–Crippen LogP) is 0.517. The molecule has 0 unspecified atom stereocenters. The summed E-state index contributed by atoms with van der Waals surface area (Å²) < 4.78 is 9.42. The molecule has 0 heterocycles. The van der Waals surface area contributed by atoms with Crippen LogP contribution in [0, 0.1) is 0 Å². The molecule has 0 aliphatic rings. The van der Waals surface area contributed by atoms with Crippen molar-refractivity contribution in [1.82, 2.24) is 4.90 Å². The van der Waals surface area contributed by atoms with Crippen LogP contribution in [0.3, 0.4) is 0 Å². The molecule has 0 atom stereocenters. The monoisotopic (exact) mass is 257 g/mol. The molecule has 0 aromatic rings. The minimum atomic E-state index is -0.736. The van der Waals surface area contributed by atoms with Crippen LogP contribution in [0.25, 0.3) is 0 Å². The molecular weight excluding hydrogens is 238 g/mol. The maximum absolute atomic E-state index is 11.8. The molecule has 0 aromatic carbocycles. The smallest absolute Gasteiger partial charge is 0.343 e. The maximum Gasteiger partial charge on any atom is 0.343 e. The summed E-state index contributed by atoms with van der Waals surface area (Å²) in [6, 6.07) is 0. The Bertz CT molecular complexity index is 346. The zero-order valence-electron chi connectivity index (χ0n) is 11.2. The van der Waals surface area contributed by atoms with Gasteiger partial charge in [0.05, 0.1) is 13.2 Å². The fourth-order valence-corrected chi connectivity index (χ4v) is 1.14. The molecule has 102 valence electrons. The Morgan fingerprint density at radius 2 is 1.61 bits per heavy atom. The van der Waals surface area contributed by atoms with Gasteiger partial charge in [0.1, 0.15) is 12.0 Å². The van der Waals surface area contributed by atoms with E-state index in [2.05, 4.69) is 4.74 Å². The van der Waals surface area contributed by atoms with E-state index in [1.165, 1.54) is 11.1 Å². The number of ether oxygens (including phenoxy) is 2. The van der Waals surface area contributed by atoms with Gasteiger partial charge in [-0.2, -0.15) is 0 Å². The Hall–Kier alpha value is -1.85. The summed E-state index contributed by atoms with van der Waals surface area (Å²) in [6.07, 6.45) is 0.867. The summed E-state index contributed by atoms with van der Waals surface area (Å²) >= 11 is 0. The van der Waals surface area contributed by atoms with Crippen LogP contribution in [0.15, 0.2) is 11.8 Å². The molecule has 0 bridgehead atoms. The van der Waals surface area contributed by atoms with Crippen molar-refractivity contribution in [3.8, 4) is 0 Å². The Morgan fingerprint density at radius 3 is 2.06 bits per heavy atom. The van der Waals surface area contributed by atoms with E-state index in [0.717, 1.165) is 0 Å². The molecule has 6 heteroatoms. The van der Waals surface area contributed by atoms with Crippen LogP contribution in [0.4, 0.5) is 0 Å². The average Bonchev–Trinajstić information content (AvgIpc) is 2.25. The molecule has 0 fully saturated rings. The predicted molar refractivity (Wildman–Crippen MR) is 64.7 cm³/mol. The highest BCUT2D eigenvalue weighted by Crippen LogP contribution is 2.06. The highest BCUT2D eigenvalue weighted by Gasteiger charge is 2.22. The van der Waals surface area contributed by atoms with Crippen molar-refractivity contribution in [3.63, 3.8) is 0 Å². The number of nitrogens with zero attached hydrogens (tertiary/aromatic N) is 1. The largest absolute Gasteiger partial charge is 0.466 e. The summed E-state index contributed by atoms with van der Waals surface area (Å²) in [4.78, 5) is 36.1. The van der Waals surface area contributed by atoms with Gasteiger partial charge < -0.3 is 14.4 Å². The molecule has 0 saturated heterocycles. The summed E-state index contributed by atoms with van der Waals surface area (Å²) in [6.45, 7) is 3.64. The first-order chi connectivity index (χ1) is 8.42. The van der Waals surface area contributed by atoms with Crippen LogP contribution < -0.4 is 0 Å². The lowest BCUT2D eigenvalue weighted by Gasteiger charge is -2.10. The van der Waals surface area contributed by atoms with E-state index in [9.17, 15) is 14.4 Å². The third kappa shape index (κ3) is 6.03. The van der Waals surface area contributed by atoms with Crippen molar-refractivity contribution < 1.29 is 23.9 Å². The Labute approximate surface area is 107 Å². The maximum atomic E-state index is 11.8. The fourth-order valence-electron chi connectivity index (χ4n) is 1.14. The molecule has 0 aliphatic carbocycles. The number of carbonyl (C=O) groups is 3. The van der Waals surface area contributed by atoms with Gasteiger partial charge in [-0.25, -0.2) is 4.79 Å². The van der Waals surface area contributed by atoms with Gasteiger partial charge in [-0.15, -0.1) is 0 Å². The lowest BCUT2D eigenvalue weighted by atomic mass is 10.1. The highest BCUT2D eigenvalue weighted by atomic mass is 16.5. The van der Waals surface area contributed by atoms with E-state index < -0.39 is 24.1 Å². The Morgan fingerprint density at radius 1 is 1.06 bits per heavy atom. The van der Waals surface area contributed by atoms with E-state index in [-0.39, 0.29) is 18.8 Å². The summed E-state index contributed by atoms with van der Waals surface area (Å²) in [7, 11) is 3.33. The van der Waals surface area contributed by atoms with Gasteiger partial charge >= 0.3 is 11.9 Å². The van der Waals surface area contributed by atoms with Crippen molar-refractivity contribution in [2.75, 3.05) is 27.3 Å². The molecule has 0 saturated carbocycles. The first-order valence-electron chi connectivity index (χ1n) is 5.66. The second kappa shape index (κ2) is 8.27. The molecule has 6 nitrogen and oxygen atoms in total. The van der Waals surface area contributed by atoms with Crippen molar-refractivity contribution in [1.29, 1.82) is 0 Å². The van der Waals surface area contributed by atoms with E-state index in [1.54, 1.807) is 27.9 Å². The van der Waals surface area contributed by atoms with Crippen LogP contribution in [0.1, 0.15) is 20.3 Å². The summed E-state index contributed by atoms with van der Waals surface area (Å²) in [5, 5.41) is 0. The zero-order chi connectivity index (χ0) is 14.1. The SMILES string of the molecule is CCOC(=O)CC(=O)/C(=C\N(C)C)C(=O)OCC. The summed E-state index contributed by atoms with van der Waals surface area (Å²) in [5.74, 6) is -2.00. The molecule has 0 rings (SSSR count). The zero-order valence-corrected chi connectivity index (χ0v) is 11.2. The van der Waals surface area contributed by atoms with Crippen LogP contribution in [-0.2, 0) is 23.9 Å². The van der Waals surface area contributed by atoms with Gasteiger partial charge in [-0.3, -0.25) is 9.59 Å². The number of Topliss-reactive ketones (excluding diaryl/α,β-unsaturated/α-hetero) is 1. The van der Waals surface area contributed by atoms with Gasteiger partial charge in [0.2, 0.25) is 0 Å². The average molecular weight is 257 g/mol. The topological polar surface area (TPSA) is 72.9 Å². The summed E-state index contributed by atoms with van der Waals surface area (Å²) in [5.41, 5.74) is -0.157. The van der Waals surface area contributed by atoms with Crippen LogP contribution in [0.2, 0.25) is 0 Å². The lowest BCUT2D eigenvalue weighted by molar-refractivity contribution is -0.145. The molecule has 18 heavy (non-hydrogen) atoms. The van der Waals surface area contributed by atoms with E-state index in [4.69, 9.17) is 4.74 Å². The van der Waals surface area contributed by atoms with Crippen molar-refractivity contribution in [3.05, 3.63) is 11.8 Å². The van der Waals surface area contributed by atoms with Crippen molar-refractivity contribution in [2.24, 2.45) is 0 Å². The number of carbonyl (C=O) groups excluding carboxylic acids is 3. The third-order valence-electron chi connectivity index (χ3n) is 1.79. The van der Waals surface area contributed by atoms with Crippen LogP contribution in [-0.4, -0.2) is 49.9 Å². The number of ketones is 1. The third-order valence-corrected chi connectivity index (χ3v) is 1.79.